The summed E-state index contributed by atoms with van der Waals surface area (Å²) < 4.78 is 0. The number of nitrogens with zero attached hydrogens (tertiary/aromatic N) is 1. The number of hydrogen-bond acceptors (Lipinski definition) is 1. The van der Waals surface area contributed by atoms with E-state index in [1.165, 1.54) is 0 Å². The highest BCUT2D eigenvalue weighted by atomic mass is 79.9. The van der Waals surface area contributed by atoms with Crippen LogP contribution in [0.3, 0.4) is 0 Å². The Balaban J connectivity index is 1.88. The van der Waals surface area contributed by atoms with Crippen LogP contribution in [-0.4, -0.2) is 4.98 Å². The molecule has 106 valence electrons. The Morgan fingerprint density at radius 1 is 1.00 bits per heavy atom. The number of halogens is 3. The van der Waals surface area contributed by atoms with Gasteiger partial charge in [-0.25, -0.2) is 0 Å². The van der Waals surface area contributed by atoms with Gasteiger partial charge in [0.2, 0.25) is 0 Å². The van der Waals surface area contributed by atoms with Gasteiger partial charge in [0.15, 0.2) is 0 Å². The summed E-state index contributed by atoms with van der Waals surface area (Å²) in [6.45, 7) is 0. The second kappa shape index (κ2) is 6.35. The Kier molecular flexibility index (Phi) is 4.48. The molecule has 0 saturated carbocycles. The van der Waals surface area contributed by atoms with E-state index >= 15 is 0 Å². The van der Waals surface area contributed by atoms with Crippen LogP contribution in [0.25, 0.3) is 10.9 Å². The SMILES string of the molecule is Clc1ccc(Cl)c(C(Br)Cc2ccc3ccccc3n2)c1. The Hall–Kier alpha value is -1.09. The zero-order valence-electron chi connectivity index (χ0n) is 11.1. The van der Waals surface area contributed by atoms with Crippen LogP contribution in [0.4, 0.5) is 0 Å². The first kappa shape index (κ1) is 14.8. The molecule has 0 fully saturated rings. The third-order valence-electron chi connectivity index (χ3n) is 3.34. The van der Waals surface area contributed by atoms with Crippen LogP contribution in [0.5, 0.6) is 0 Å². The Bertz CT molecular complexity index is 789. The number of para-hydroxylation sites is 1. The fourth-order valence-corrected chi connectivity index (χ4v) is 3.54. The number of aromatic nitrogens is 1. The summed E-state index contributed by atoms with van der Waals surface area (Å²) in [4.78, 5) is 4.77. The monoisotopic (exact) mass is 379 g/mol. The summed E-state index contributed by atoms with van der Waals surface area (Å²) in [6.07, 6.45) is 0.755. The molecule has 4 heteroatoms. The van der Waals surface area contributed by atoms with Gasteiger partial charge in [-0.1, -0.05) is 63.4 Å². The van der Waals surface area contributed by atoms with Crippen molar-refractivity contribution in [1.82, 2.24) is 4.98 Å². The normalized spacial score (nSPS) is 12.5. The average Bonchev–Trinajstić information content (AvgIpc) is 2.49. The first-order valence-corrected chi connectivity index (χ1v) is 8.24. The molecule has 0 aliphatic rings. The van der Waals surface area contributed by atoms with Crippen molar-refractivity contribution >= 4 is 50.0 Å². The van der Waals surface area contributed by atoms with Crippen LogP contribution in [0, 0.1) is 0 Å². The summed E-state index contributed by atoms with van der Waals surface area (Å²) in [5, 5.41) is 2.54. The van der Waals surface area contributed by atoms with E-state index in [4.69, 9.17) is 23.2 Å². The summed E-state index contributed by atoms with van der Waals surface area (Å²) >= 11 is 16.0. The summed E-state index contributed by atoms with van der Waals surface area (Å²) in [6, 6.07) is 17.8. The van der Waals surface area contributed by atoms with Crippen molar-refractivity contribution < 1.29 is 0 Å². The highest BCUT2D eigenvalue weighted by Gasteiger charge is 2.14. The summed E-state index contributed by atoms with van der Waals surface area (Å²) in [5.41, 5.74) is 3.01. The Morgan fingerprint density at radius 2 is 1.81 bits per heavy atom. The zero-order chi connectivity index (χ0) is 14.8. The molecule has 0 radical (unpaired) electrons. The van der Waals surface area contributed by atoms with Gasteiger partial charge >= 0.3 is 0 Å². The lowest BCUT2D eigenvalue weighted by atomic mass is 10.1. The van der Waals surface area contributed by atoms with Crippen LogP contribution in [-0.2, 0) is 6.42 Å². The third-order valence-corrected chi connectivity index (χ3v) is 4.74. The van der Waals surface area contributed by atoms with E-state index in [1.54, 1.807) is 6.07 Å². The molecular weight excluding hydrogens is 369 g/mol. The first-order valence-electron chi connectivity index (χ1n) is 6.57. The van der Waals surface area contributed by atoms with Gasteiger partial charge in [0, 0.05) is 32.4 Å². The maximum atomic E-state index is 6.24. The zero-order valence-corrected chi connectivity index (χ0v) is 14.2. The van der Waals surface area contributed by atoms with Gasteiger partial charge in [-0.3, -0.25) is 4.98 Å². The molecule has 0 aliphatic carbocycles. The number of benzene rings is 2. The van der Waals surface area contributed by atoms with Crippen molar-refractivity contribution in [1.29, 1.82) is 0 Å². The first-order chi connectivity index (χ1) is 10.1. The topological polar surface area (TPSA) is 12.9 Å². The highest BCUT2D eigenvalue weighted by Crippen LogP contribution is 2.34. The number of alkyl halides is 1. The quantitative estimate of drug-likeness (QED) is 0.491. The van der Waals surface area contributed by atoms with Gasteiger partial charge in [-0.05, 0) is 35.9 Å². The van der Waals surface area contributed by atoms with Crippen LogP contribution in [0.2, 0.25) is 10.0 Å². The smallest absolute Gasteiger partial charge is 0.0705 e. The summed E-state index contributed by atoms with van der Waals surface area (Å²) in [7, 11) is 0. The van der Waals surface area contributed by atoms with Gasteiger partial charge < -0.3 is 0 Å². The molecule has 0 spiro atoms. The average molecular weight is 381 g/mol. The molecule has 3 rings (SSSR count). The number of hydrogen-bond donors (Lipinski definition) is 0. The summed E-state index contributed by atoms with van der Waals surface area (Å²) in [5.74, 6) is 0. The molecule has 21 heavy (non-hydrogen) atoms. The van der Waals surface area contributed by atoms with Gasteiger partial charge in [0.25, 0.3) is 0 Å². The molecule has 3 aromatic rings. The third kappa shape index (κ3) is 3.39. The lowest BCUT2D eigenvalue weighted by Gasteiger charge is -2.12. The second-order valence-electron chi connectivity index (χ2n) is 4.83. The molecule has 0 bridgehead atoms. The molecule has 1 aromatic heterocycles. The van der Waals surface area contributed by atoms with Crippen molar-refractivity contribution in [2.75, 3.05) is 0 Å². The maximum absolute atomic E-state index is 6.24. The fourth-order valence-electron chi connectivity index (χ4n) is 2.27. The van der Waals surface area contributed by atoms with Crippen LogP contribution in [0.15, 0.2) is 54.6 Å². The minimum Gasteiger partial charge on any atom is -0.253 e. The van der Waals surface area contributed by atoms with E-state index in [0.29, 0.717) is 10.0 Å². The second-order valence-corrected chi connectivity index (χ2v) is 6.78. The van der Waals surface area contributed by atoms with Gasteiger partial charge in [0.05, 0.1) is 5.52 Å². The highest BCUT2D eigenvalue weighted by molar-refractivity contribution is 9.09. The largest absolute Gasteiger partial charge is 0.253 e. The molecule has 2 aromatic carbocycles. The van der Waals surface area contributed by atoms with Gasteiger partial charge in [0.1, 0.15) is 0 Å². The Morgan fingerprint density at radius 3 is 2.67 bits per heavy atom. The maximum Gasteiger partial charge on any atom is 0.0705 e. The predicted octanol–water partition coefficient (Wildman–Crippen LogP) is 6.22. The molecule has 0 N–H and O–H groups in total. The van der Waals surface area contributed by atoms with Gasteiger partial charge in [-0.2, -0.15) is 0 Å². The molecule has 0 saturated heterocycles. The fraction of sp³-hybridized carbons (Fsp3) is 0.118. The standard InChI is InChI=1S/C17H12BrCl2N/c18-15(14-9-12(19)6-8-16(14)20)10-13-7-5-11-3-1-2-4-17(11)21-13/h1-9,15H,10H2. The number of fused-ring (bicyclic) bond motifs is 1. The van der Waals surface area contributed by atoms with E-state index in [9.17, 15) is 0 Å². The van der Waals surface area contributed by atoms with Crippen LogP contribution >= 0.6 is 39.1 Å². The molecule has 0 aliphatic heterocycles. The van der Waals surface area contributed by atoms with E-state index in [0.717, 1.165) is 28.6 Å². The van der Waals surface area contributed by atoms with E-state index in [2.05, 4.69) is 39.1 Å². The van der Waals surface area contributed by atoms with E-state index in [1.807, 2.05) is 30.3 Å². The van der Waals surface area contributed by atoms with Gasteiger partial charge in [-0.15, -0.1) is 0 Å². The van der Waals surface area contributed by atoms with Crippen molar-refractivity contribution in [3.05, 3.63) is 75.9 Å². The number of rotatable bonds is 3. The molecule has 1 unspecified atom stereocenters. The van der Waals surface area contributed by atoms with Crippen LogP contribution < -0.4 is 0 Å². The minimum absolute atomic E-state index is 0.0809. The number of pyridine rings is 1. The lowest BCUT2D eigenvalue weighted by Crippen LogP contribution is -1.99. The Labute approximate surface area is 142 Å². The molecular formula is C17H12BrCl2N. The van der Waals surface area contributed by atoms with E-state index in [-0.39, 0.29) is 4.83 Å². The van der Waals surface area contributed by atoms with Crippen molar-refractivity contribution in [3.8, 4) is 0 Å². The minimum atomic E-state index is 0.0809. The lowest BCUT2D eigenvalue weighted by molar-refractivity contribution is 0.913. The van der Waals surface area contributed by atoms with Crippen molar-refractivity contribution in [3.63, 3.8) is 0 Å². The van der Waals surface area contributed by atoms with E-state index < -0.39 is 0 Å². The van der Waals surface area contributed by atoms with Crippen LogP contribution in [0.1, 0.15) is 16.1 Å². The molecule has 1 heterocycles. The predicted molar refractivity (Wildman–Crippen MR) is 93.6 cm³/mol. The van der Waals surface area contributed by atoms with Crippen molar-refractivity contribution in [2.24, 2.45) is 0 Å². The molecule has 1 nitrogen and oxygen atoms in total. The van der Waals surface area contributed by atoms with Crippen molar-refractivity contribution in [2.45, 2.75) is 11.2 Å². The molecule has 1 atom stereocenters. The molecule has 0 amide bonds.